The summed E-state index contributed by atoms with van der Waals surface area (Å²) in [5, 5.41) is 9.65. The van der Waals surface area contributed by atoms with Crippen LogP contribution in [-0.2, 0) is 0 Å². The Bertz CT molecular complexity index is 333. The van der Waals surface area contributed by atoms with Gasteiger partial charge in [-0.1, -0.05) is 19.8 Å². The van der Waals surface area contributed by atoms with Crippen molar-refractivity contribution in [3.8, 4) is 0 Å². The number of thioether (sulfide) groups is 1. The molecular formula is C14H21NOS. The molecule has 0 aliphatic heterocycles. The summed E-state index contributed by atoms with van der Waals surface area (Å²) in [7, 11) is 0. The second-order valence-corrected chi connectivity index (χ2v) is 5.90. The zero-order chi connectivity index (χ0) is 12.1. The standard InChI is InChI=1S/C14H21NOS/c1-2-14(16)13-8-7-12(9-15-13)17-10-11-5-3-4-6-11/h7-9,11,14,16H,2-6,10H2,1H3. The Labute approximate surface area is 108 Å². The van der Waals surface area contributed by atoms with Crippen molar-refractivity contribution < 1.29 is 5.11 Å². The van der Waals surface area contributed by atoms with E-state index in [0.29, 0.717) is 0 Å². The summed E-state index contributed by atoms with van der Waals surface area (Å²) in [6, 6.07) is 4.03. The van der Waals surface area contributed by atoms with E-state index in [2.05, 4.69) is 11.1 Å². The predicted octanol–water partition coefficient (Wildman–Crippen LogP) is 3.81. The summed E-state index contributed by atoms with van der Waals surface area (Å²) in [5.41, 5.74) is 0.790. The largest absolute Gasteiger partial charge is 0.387 e. The molecule has 0 amide bonds. The first-order chi connectivity index (χ1) is 8.29. The monoisotopic (exact) mass is 251 g/mol. The Morgan fingerprint density at radius 3 is 2.76 bits per heavy atom. The fourth-order valence-corrected chi connectivity index (χ4v) is 3.33. The average molecular weight is 251 g/mol. The topological polar surface area (TPSA) is 33.1 Å². The number of pyridine rings is 1. The van der Waals surface area contributed by atoms with Gasteiger partial charge in [0, 0.05) is 16.8 Å². The molecule has 1 N–H and O–H groups in total. The van der Waals surface area contributed by atoms with Crippen LogP contribution >= 0.6 is 11.8 Å². The third-order valence-electron chi connectivity index (χ3n) is 3.45. The number of hydrogen-bond acceptors (Lipinski definition) is 3. The normalized spacial score (nSPS) is 18.5. The molecule has 0 bridgehead atoms. The van der Waals surface area contributed by atoms with Crippen LogP contribution in [-0.4, -0.2) is 15.8 Å². The number of nitrogens with zero attached hydrogens (tertiary/aromatic N) is 1. The fraction of sp³-hybridized carbons (Fsp3) is 0.643. The van der Waals surface area contributed by atoms with Crippen LogP contribution in [0.3, 0.4) is 0 Å². The lowest BCUT2D eigenvalue weighted by molar-refractivity contribution is 0.169. The van der Waals surface area contributed by atoms with E-state index in [-0.39, 0.29) is 0 Å². The molecule has 1 atom stereocenters. The molecule has 0 saturated heterocycles. The van der Waals surface area contributed by atoms with Gasteiger partial charge in [-0.3, -0.25) is 4.98 Å². The quantitative estimate of drug-likeness (QED) is 0.808. The van der Waals surface area contributed by atoms with Gasteiger partial charge in [0.2, 0.25) is 0 Å². The first-order valence-electron chi connectivity index (χ1n) is 6.56. The van der Waals surface area contributed by atoms with Crippen LogP contribution in [0.5, 0.6) is 0 Å². The van der Waals surface area contributed by atoms with Gasteiger partial charge in [0.05, 0.1) is 11.8 Å². The van der Waals surface area contributed by atoms with Crippen molar-refractivity contribution >= 4 is 11.8 Å². The Balaban J connectivity index is 1.84. The van der Waals surface area contributed by atoms with Gasteiger partial charge >= 0.3 is 0 Å². The molecular weight excluding hydrogens is 230 g/mol. The number of aliphatic hydroxyl groups is 1. The molecule has 2 rings (SSSR count). The third kappa shape index (κ3) is 3.71. The molecule has 94 valence electrons. The van der Waals surface area contributed by atoms with Crippen molar-refractivity contribution in [2.75, 3.05) is 5.75 Å². The van der Waals surface area contributed by atoms with E-state index in [9.17, 15) is 5.11 Å². The van der Waals surface area contributed by atoms with Crippen LogP contribution in [0, 0.1) is 5.92 Å². The SMILES string of the molecule is CCC(O)c1ccc(SCC2CCCC2)cn1. The van der Waals surface area contributed by atoms with Gasteiger partial charge in [-0.15, -0.1) is 11.8 Å². The van der Waals surface area contributed by atoms with Crippen molar-refractivity contribution in [2.45, 2.75) is 50.0 Å². The van der Waals surface area contributed by atoms with Crippen molar-refractivity contribution in [2.24, 2.45) is 5.92 Å². The fourth-order valence-electron chi connectivity index (χ4n) is 2.27. The highest BCUT2D eigenvalue weighted by atomic mass is 32.2. The Kier molecular flexibility index (Phi) is 4.86. The van der Waals surface area contributed by atoms with Crippen LogP contribution in [0.4, 0.5) is 0 Å². The number of rotatable bonds is 5. The third-order valence-corrected chi connectivity index (χ3v) is 4.66. The molecule has 1 aromatic heterocycles. The molecule has 1 heterocycles. The van der Waals surface area contributed by atoms with Gasteiger partial charge in [0.1, 0.15) is 0 Å². The summed E-state index contributed by atoms with van der Waals surface area (Å²) < 4.78 is 0. The molecule has 3 heteroatoms. The second kappa shape index (κ2) is 6.41. The molecule has 1 aliphatic carbocycles. The van der Waals surface area contributed by atoms with E-state index >= 15 is 0 Å². The number of aromatic nitrogens is 1. The molecule has 2 nitrogen and oxygen atoms in total. The zero-order valence-electron chi connectivity index (χ0n) is 10.4. The first-order valence-corrected chi connectivity index (χ1v) is 7.55. The van der Waals surface area contributed by atoms with E-state index in [0.717, 1.165) is 18.0 Å². The van der Waals surface area contributed by atoms with E-state index in [1.54, 1.807) is 0 Å². The molecule has 0 aromatic carbocycles. The van der Waals surface area contributed by atoms with Crippen molar-refractivity contribution in [1.82, 2.24) is 4.98 Å². The maximum Gasteiger partial charge on any atom is 0.0957 e. The van der Waals surface area contributed by atoms with Crippen molar-refractivity contribution in [3.63, 3.8) is 0 Å². The van der Waals surface area contributed by atoms with E-state index < -0.39 is 6.10 Å². The van der Waals surface area contributed by atoms with Gasteiger partial charge in [-0.25, -0.2) is 0 Å². The summed E-state index contributed by atoms with van der Waals surface area (Å²) in [6.45, 7) is 1.97. The van der Waals surface area contributed by atoms with E-state index in [1.165, 1.54) is 36.3 Å². The van der Waals surface area contributed by atoms with Crippen LogP contribution in [0.15, 0.2) is 23.2 Å². The van der Waals surface area contributed by atoms with Gasteiger partial charge in [-0.05, 0) is 37.3 Å². The predicted molar refractivity (Wildman–Crippen MR) is 72.2 cm³/mol. The molecule has 0 spiro atoms. The first kappa shape index (κ1) is 12.9. The minimum atomic E-state index is -0.413. The number of hydrogen-bond donors (Lipinski definition) is 1. The molecule has 1 fully saturated rings. The summed E-state index contributed by atoms with van der Waals surface area (Å²) in [6.07, 6.45) is 7.81. The van der Waals surface area contributed by atoms with Crippen LogP contribution in [0.25, 0.3) is 0 Å². The maximum atomic E-state index is 9.65. The average Bonchev–Trinajstić information content (AvgIpc) is 2.89. The highest BCUT2D eigenvalue weighted by Crippen LogP contribution is 2.30. The van der Waals surface area contributed by atoms with Crippen LogP contribution in [0.1, 0.15) is 50.8 Å². The Morgan fingerprint density at radius 2 is 2.18 bits per heavy atom. The molecule has 1 aromatic rings. The highest BCUT2D eigenvalue weighted by molar-refractivity contribution is 7.99. The van der Waals surface area contributed by atoms with E-state index in [1.807, 2.05) is 30.9 Å². The summed E-state index contributed by atoms with van der Waals surface area (Å²) in [4.78, 5) is 5.55. The number of aliphatic hydroxyl groups excluding tert-OH is 1. The van der Waals surface area contributed by atoms with Crippen molar-refractivity contribution in [1.29, 1.82) is 0 Å². The molecule has 1 aliphatic rings. The van der Waals surface area contributed by atoms with Gasteiger partial charge in [0.15, 0.2) is 0 Å². The Hall–Kier alpha value is -0.540. The van der Waals surface area contributed by atoms with Gasteiger partial charge < -0.3 is 5.11 Å². The second-order valence-electron chi connectivity index (χ2n) is 4.80. The summed E-state index contributed by atoms with van der Waals surface area (Å²) in [5.74, 6) is 2.12. The smallest absolute Gasteiger partial charge is 0.0957 e. The van der Waals surface area contributed by atoms with Gasteiger partial charge in [0.25, 0.3) is 0 Å². The lowest BCUT2D eigenvalue weighted by Crippen LogP contribution is -1.99. The van der Waals surface area contributed by atoms with Crippen molar-refractivity contribution in [3.05, 3.63) is 24.0 Å². The van der Waals surface area contributed by atoms with Gasteiger partial charge in [-0.2, -0.15) is 0 Å². The van der Waals surface area contributed by atoms with Crippen LogP contribution < -0.4 is 0 Å². The lowest BCUT2D eigenvalue weighted by Gasteiger charge is -2.10. The van der Waals surface area contributed by atoms with Crippen LogP contribution in [0.2, 0.25) is 0 Å². The lowest BCUT2D eigenvalue weighted by atomic mass is 10.1. The maximum absolute atomic E-state index is 9.65. The van der Waals surface area contributed by atoms with E-state index in [4.69, 9.17) is 0 Å². The Morgan fingerprint density at radius 1 is 1.41 bits per heavy atom. The molecule has 17 heavy (non-hydrogen) atoms. The minimum Gasteiger partial charge on any atom is -0.387 e. The minimum absolute atomic E-state index is 0.413. The molecule has 1 saturated carbocycles. The highest BCUT2D eigenvalue weighted by Gasteiger charge is 2.15. The summed E-state index contributed by atoms with van der Waals surface area (Å²) >= 11 is 1.90. The zero-order valence-corrected chi connectivity index (χ0v) is 11.2. The molecule has 1 unspecified atom stereocenters. The molecule has 0 radical (unpaired) electrons.